The number of carbonyl (C=O) groups excluding carboxylic acids is 1. The highest BCUT2D eigenvalue weighted by molar-refractivity contribution is 5.92. The van der Waals surface area contributed by atoms with Crippen LogP contribution in [0.2, 0.25) is 0 Å². The topological polar surface area (TPSA) is 43.1 Å². The fraction of sp³-hybridized carbons (Fsp3) is 0.550. The number of primary amides is 1. The molecule has 4 aliphatic carbocycles. The molecule has 2 heteroatoms. The summed E-state index contributed by atoms with van der Waals surface area (Å²) >= 11 is 0. The summed E-state index contributed by atoms with van der Waals surface area (Å²) in [5, 5.41) is 0. The van der Waals surface area contributed by atoms with Crippen LogP contribution in [0, 0.1) is 17.3 Å². The molecule has 3 unspecified atom stereocenters. The van der Waals surface area contributed by atoms with Gasteiger partial charge in [0, 0.05) is 0 Å². The molecule has 1 aromatic rings. The van der Waals surface area contributed by atoms with Gasteiger partial charge in [0.05, 0.1) is 5.41 Å². The number of carbonyl (C=O) groups is 1. The SMILES string of the molecule is CC1=Cc2c(cccc2C2(C(N)=O)C3CCC(C3)C23CC3)C1. The van der Waals surface area contributed by atoms with Crippen LogP contribution in [0.1, 0.15) is 55.7 Å². The maximum absolute atomic E-state index is 12.9. The van der Waals surface area contributed by atoms with E-state index >= 15 is 0 Å². The lowest BCUT2D eigenvalue weighted by Gasteiger charge is -2.43. The van der Waals surface area contributed by atoms with Crippen molar-refractivity contribution in [1.82, 2.24) is 0 Å². The van der Waals surface area contributed by atoms with E-state index in [1.54, 1.807) is 0 Å². The van der Waals surface area contributed by atoms with Crippen molar-refractivity contribution in [3.8, 4) is 0 Å². The molecule has 0 aromatic heterocycles. The zero-order valence-electron chi connectivity index (χ0n) is 13.2. The smallest absolute Gasteiger partial charge is 0.228 e. The molecular weight excluding hydrogens is 270 g/mol. The second kappa shape index (κ2) is 3.84. The molecule has 2 N–H and O–H groups in total. The summed E-state index contributed by atoms with van der Waals surface area (Å²) < 4.78 is 0. The van der Waals surface area contributed by atoms with Crippen LogP contribution >= 0.6 is 0 Å². The Balaban J connectivity index is 1.80. The van der Waals surface area contributed by atoms with Crippen LogP contribution in [0.25, 0.3) is 6.08 Å². The Hall–Kier alpha value is -1.57. The molecule has 3 saturated carbocycles. The second-order valence-electron chi connectivity index (χ2n) is 8.08. The van der Waals surface area contributed by atoms with Gasteiger partial charge in [0.2, 0.25) is 5.91 Å². The van der Waals surface area contributed by atoms with E-state index in [9.17, 15) is 4.79 Å². The zero-order valence-corrected chi connectivity index (χ0v) is 13.2. The monoisotopic (exact) mass is 293 g/mol. The molecule has 114 valence electrons. The first-order valence-corrected chi connectivity index (χ1v) is 8.69. The van der Waals surface area contributed by atoms with Crippen molar-refractivity contribution in [3.05, 3.63) is 40.5 Å². The van der Waals surface area contributed by atoms with Crippen molar-refractivity contribution in [2.75, 3.05) is 0 Å². The lowest BCUT2D eigenvalue weighted by molar-refractivity contribution is -0.128. The average Bonchev–Trinajstić information content (AvgIpc) is 2.87. The summed E-state index contributed by atoms with van der Waals surface area (Å²) in [5.41, 5.74) is 11.3. The van der Waals surface area contributed by atoms with Gasteiger partial charge in [-0.1, -0.05) is 29.8 Å². The second-order valence-corrected chi connectivity index (χ2v) is 8.08. The largest absolute Gasteiger partial charge is 0.369 e. The number of allylic oxidation sites excluding steroid dienone is 1. The Bertz CT molecular complexity index is 727. The van der Waals surface area contributed by atoms with Crippen molar-refractivity contribution in [1.29, 1.82) is 0 Å². The molecule has 4 aliphatic rings. The molecule has 0 heterocycles. The summed E-state index contributed by atoms with van der Waals surface area (Å²) in [6, 6.07) is 6.57. The minimum atomic E-state index is -0.387. The van der Waals surface area contributed by atoms with Crippen LogP contribution in [0.3, 0.4) is 0 Å². The summed E-state index contributed by atoms with van der Waals surface area (Å²) in [7, 11) is 0. The highest BCUT2D eigenvalue weighted by Gasteiger charge is 2.75. The molecular formula is C20H23NO. The first-order chi connectivity index (χ1) is 10.6. The molecule has 1 spiro atoms. The summed E-state index contributed by atoms with van der Waals surface area (Å²) in [4.78, 5) is 12.9. The van der Waals surface area contributed by atoms with Crippen LogP contribution in [0.15, 0.2) is 23.8 Å². The highest BCUT2D eigenvalue weighted by atomic mass is 16.1. The van der Waals surface area contributed by atoms with Gasteiger partial charge in [0.15, 0.2) is 0 Å². The highest BCUT2D eigenvalue weighted by Crippen LogP contribution is 2.77. The molecule has 2 bridgehead atoms. The van der Waals surface area contributed by atoms with Crippen LogP contribution < -0.4 is 5.73 Å². The van der Waals surface area contributed by atoms with Gasteiger partial charge >= 0.3 is 0 Å². The lowest BCUT2D eigenvalue weighted by Crippen LogP contribution is -2.52. The Morgan fingerprint density at radius 3 is 2.73 bits per heavy atom. The van der Waals surface area contributed by atoms with Crippen molar-refractivity contribution >= 4 is 12.0 Å². The molecule has 0 radical (unpaired) electrons. The average molecular weight is 293 g/mol. The normalized spacial score (nSPS) is 36.5. The third-order valence-electron chi connectivity index (χ3n) is 7.27. The number of nitrogens with two attached hydrogens (primary N) is 1. The van der Waals surface area contributed by atoms with Crippen molar-refractivity contribution < 1.29 is 4.79 Å². The number of hydrogen-bond donors (Lipinski definition) is 1. The zero-order chi connectivity index (χ0) is 15.1. The molecule has 3 atom stereocenters. The maximum atomic E-state index is 12.9. The fourth-order valence-electron chi connectivity index (χ4n) is 6.49. The number of hydrogen-bond acceptors (Lipinski definition) is 1. The lowest BCUT2D eigenvalue weighted by atomic mass is 9.58. The van der Waals surface area contributed by atoms with E-state index in [0.29, 0.717) is 5.92 Å². The van der Waals surface area contributed by atoms with Gasteiger partial charge in [0.25, 0.3) is 0 Å². The van der Waals surface area contributed by atoms with E-state index in [4.69, 9.17) is 5.73 Å². The first-order valence-electron chi connectivity index (χ1n) is 8.69. The van der Waals surface area contributed by atoms with E-state index in [0.717, 1.165) is 12.3 Å². The number of rotatable bonds is 2. The predicted octanol–water partition coefficient (Wildman–Crippen LogP) is 3.58. The van der Waals surface area contributed by atoms with Crippen molar-refractivity contribution in [2.45, 2.75) is 50.9 Å². The first kappa shape index (κ1) is 12.9. The van der Waals surface area contributed by atoms with Gasteiger partial charge in [-0.2, -0.15) is 0 Å². The minimum absolute atomic E-state index is 0.0523. The molecule has 0 aliphatic heterocycles. The number of benzene rings is 1. The van der Waals surface area contributed by atoms with Crippen molar-refractivity contribution in [2.24, 2.45) is 23.0 Å². The molecule has 1 aromatic carbocycles. The summed E-state index contributed by atoms with van der Waals surface area (Å²) in [6.45, 7) is 2.19. The molecule has 0 saturated heterocycles. The van der Waals surface area contributed by atoms with Crippen LogP contribution in [-0.4, -0.2) is 5.91 Å². The molecule has 22 heavy (non-hydrogen) atoms. The van der Waals surface area contributed by atoms with E-state index in [-0.39, 0.29) is 16.7 Å². The number of amides is 1. The van der Waals surface area contributed by atoms with Crippen LogP contribution in [0.5, 0.6) is 0 Å². The van der Waals surface area contributed by atoms with Gasteiger partial charge in [-0.05, 0) is 79.4 Å². The van der Waals surface area contributed by atoms with E-state index < -0.39 is 0 Å². The maximum Gasteiger partial charge on any atom is 0.228 e. The van der Waals surface area contributed by atoms with Gasteiger partial charge < -0.3 is 5.73 Å². The van der Waals surface area contributed by atoms with Gasteiger partial charge in [0.1, 0.15) is 0 Å². The van der Waals surface area contributed by atoms with E-state index in [1.807, 2.05) is 0 Å². The molecule has 3 fully saturated rings. The van der Waals surface area contributed by atoms with Crippen LogP contribution in [0.4, 0.5) is 0 Å². The molecule has 1 amide bonds. The van der Waals surface area contributed by atoms with Crippen LogP contribution in [-0.2, 0) is 16.6 Å². The Morgan fingerprint density at radius 2 is 2.00 bits per heavy atom. The minimum Gasteiger partial charge on any atom is -0.369 e. The Kier molecular flexibility index (Phi) is 2.26. The summed E-state index contributed by atoms with van der Waals surface area (Å²) in [6.07, 6.45) is 9.43. The van der Waals surface area contributed by atoms with Gasteiger partial charge in [-0.25, -0.2) is 0 Å². The Labute approximate surface area is 131 Å². The quantitative estimate of drug-likeness (QED) is 0.890. The fourth-order valence-corrected chi connectivity index (χ4v) is 6.49. The standard InChI is InChI=1S/C20H23NO/c1-12-9-13-3-2-4-17(16(13)10-12)20(18(21)22)15-6-5-14(11-15)19(20)7-8-19/h2-4,10,14-15H,5-9,11H2,1H3,(H2,21,22). The van der Waals surface area contributed by atoms with E-state index in [2.05, 4.69) is 31.2 Å². The Morgan fingerprint density at radius 1 is 1.23 bits per heavy atom. The van der Waals surface area contributed by atoms with E-state index in [1.165, 1.54) is 54.4 Å². The third-order valence-corrected chi connectivity index (χ3v) is 7.27. The third kappa shape index (κ3) is 1.23. The summed E-state index contributed by atoms with van der Waals surface area (Å²) in [5.74, 6) is 1.15. The molecule has 2 nitrogen and oxygen atoms in total. The number of fused-ring (bicyclic) bond motifs is 4. The van der Waals surface area contributed by atoms with Gasteiger partial charge in [-0.3, -0.25) is 4.79 Å². The predicted molar refractivity (Wildman–Crippen MR) is 87.2 cm³/mol. The van der Waals surface area contributed by atoms with Crippen molar-refractivity contribution in [3.63, 3.8) is 0 Å². The van der Waals surface area contributed by atoms with Gasteiger partial charge in [-0.15, -0.1) is 0 Å². The molecule has 5 rings (SSSR count).